The molecule has 1 rings (SSSR count). The van der Waals surface area contributed by atoms with Gasteiger partial charge < -0.3 is 5.32 Å². The third-order valence-corrected chi connectivity index (χ3v) is 4.66. The van der Waals surface area contributed by atoms with Gasteiger partial charge in [-0.1, -0.05) is 47.0 Å². The molecule has 1 unspecified atom stereocenters. The van der Waals surface area contributed by atoms with Crippen LogP contribution in [-0.2, 0) is 0 Å². The Morgan fingerprint density at radius 2 is 1.75 bits per heavy atom. The van der Waals surface area contributed by atoms with Gasteiger partial charge in [0.15, 0.2) is 0 Å². The largest absolute Gasteiger partial charge is 0.315 e. The summed E-state index contributed by atoms with van der Waals surface area (Å²) in [5, 5.41) is 3.67. The molecule has 1 saturated carbocycles. The highest BCUT2D eigenvalue weighted by atomic mass is 15.2. The van der Waals surface area contributed by atoms with E-state index in [9.17, 15) is 0 Å². The molecule has 0 saturated heterocycles. The quantitative estimate of drug-likeness (QED) is 0.563. The van der Waals surface area contributed by atoms with E-state index in [0.717, 1.165) is 18.0 Å². The molecule has 0 heterocycles. The number of rotatable bonds is 11. The third-order valence-electron chi connectivity index (χ3n) is 4.66. The SMILES string of the molecule is CCCNCC(CCC)N(CCC(C)C)C1CCCC1. The maximum atomic E-state index is 3.67. The van der Waals surface area contributed by atoms with E-state index in [-0.39, 0.29) is 0 Å². The molecule has 0 bridgehead atoms. The van der Waals surface area contributed by atoms with Crippen molar-refractivity contribution in [1.29, 1.82) is 0 Å². The molecular weight excluding hydrogens is 244 g/mol. The minimum Gasteiger partial charge on any atom is -0.315 e. The predicted octanol–water partition coefficient (Wildman–Crippen LogP) is 4.45. The van der Waals surface area contributed by atoms with E-state index < -0.39 is 0 Å². The Balaban J connectivity index is 2.58. The van der Waals surface area contributed by atoms with Crippen LogP contribution >= 0.6 is 0 Å². The van der Waals surface area contributed by atoms with Crippen molar-refractivity contribution in [2.24, 2.45) is 5.92 Å². The third kappa shape index (κ3) is 6.58. The summed E-state index contributed by atoms with van der Waals surface area (Å²) in [4.78, 5) is 2.87. The summed E-state index contributed by atoms with van der Waals surface area (Å²) in [6, 6.07) is 1.63. The molecule has 1 aliphatic rings. The summed E-state index contributed by atoms with van der Waals surface area (Å²) >= 11 is 0. The van der Waals surface area contributed by atoms with Crippen molar-refractivity contribution in [3.63, 3.8) is 0 Å². The monoisotopic (exact) mass is 282 g/mol. The lowest BCUT2D eigenvalue weighted by molar-refractivity contribution is 0.118. The number of nitrogens with one attached hydrogen (secondary N) is 1. The topological polar surface area (TPSA) is 15.3 Å². The van der Waals surface area contributed by atoms with E-state index in [4.69, 9.17) is 0 Å². The Hall–Kier alpha value is -0.0800. The van der Waals surface area contributed by atoms with Gasteiger partial charge in [-0.05, 0) is 51.1 Å². The second kappa shape index (κ2) is 10.6. The van der Waals surface area contributed by atoms with E-state index >= 15 is 0 Å². The van der Waals surface area contributed by atoms with Gasteiger partial charge in [-0.15, -0.1) is 0 Å². The molecule has 2 nitrogen and oxygen atoms in total. The van der Waals surface area contributed by atoms with Crippen molar-refractivity contribution >= 4 is 0 Å². The Morgan fingerprint density at radius 3 is 2.30 bits per heavy atom. The molecule has 0 aromatic carbocycles. The van der Waals surface area contributed by atoms with Crippen molar-refractivity contribution in [3.05, 3.63) is 0 Å². The molecule has 20 heavy (non-hydrogen) atoms. The highest BCUT2D eigenvalue weighted by Crippen LogP contribution is 2.27. The fourth-order valence-electron chi connectivity index (χ4n) is 3.47. The zero-order valence-electron chi connectivity index (χ0n) is 14.5. The first kappa shape index (κ1) is 18.0. The minimum absolute atomic E-state index is 0.758. The average molecular weight is 283 g/mol. The van der Waals surface area contributed by atoms with Crippen LogP contribution in [0.1, 0.15) is 79.1 Å². The van der Waals surface area contributed by atoms with E-state index in [0.29, 0.717) is 0 Å². The first-order valence-electron chi connectivity index (χ1n) is 9.15. The first-order chi connectivity index (χ1) is 9.69. The molecule has 2 heteroatoms. The zero-order valence-corrected chi connectivity index (χ0v) is 14.5. The van der Waals surface area contributed by atoms with Crippen molar-refractivity contribution in [2.45, 2.75) is 91.1 Å². The van der Waals surface area contributed by atoms with Crippen LogP contribution in [0.5, 0.6) is 0 Å². The summed E-state index contributed by atoms with van der Waals surface area (Å²) in [6.07, 6.45) is 11.0. The van der Waals surface area contributed by atoms with E-state index in [2.05, 4.69) is 37.9 Å². The van der Waals surface area contributed by atoms with Gasteiger partial charge in [-0.25, -0.2) is 0 Å². The summed E-state index contributed by atoms with van der Waals surface area (Å²) in [7, 11) is 0. The van der Waals surface area contributed by atoms with Gasteiger partial charge in [-0.3, -0.25) is 4.90 Å². The molecule has 0 aromatic heterocycles. The van der Waals surface area contributed by atoms with Crippen LogP contribution in [-0.4, -0.2) is 36.6 Å². The van der Waals surface area contributed by atoms with E-state index in [1.807, 2.05) is 0 Å². The van der Waals surface area contributed by atoms with Gasteiger partial charge in [-0.2, -0.15) is 0 Å². The molecule has 1 fully saturated rings. The van der Waals surface area contributed by atoms with Gasteiger partial charge in [0.05, 0.1) is 0 Å². The van der Waals surface area contributed by atoms with E-state index in [1.54, 1.807) is 0 Å². The lowest BCUT2D eigenvalue weighted by Crippen LogP contribution is -2.47. The summed E-state index contributed by atoms with van der Waals surface area (Å²) in [5.41, 5.74) is 0. The molecule has 0 amide bonds. The standard InChI is InChI=1S/C18H38N2/c1-5-9-18(15-19-13-6-2)20(14-12-16(3)4)17-10-7-8-11-17/h16-19H,5-15H2,1-4H3. The highest BCUT2D eigenvalue weighted by molar-refractivity contribution is 4.84. The van der Waals surface area contributed by atoms with Crippen LogP contribution in [0.4, 0.5) is 0 Å². The summed E-state index contributed by atoms with van der Waals surface area (Å²) < 4.78 is 0. The average Bonchev–Trinajstić information content (AvgIpc) is 2.92. The smallest absolute Gasteiger partial charge is 0.0223 e. The fraction of sp³-hybridized carbons (Fsp3) is 1.00. The molecular formula is C18H38N2. The van der Waals surface area contributed by atoms with Crippen LogP contribution in [0.25, 0.3) is 0 Å². The van der Waals surface area contributed by atoms with Gasteiger partial charge in [0.2, 0.25) is 0 Å². The lowest BCUT2D eigenvalue weighted by atomic mass is 10.0. The second-order valence-electron chi connectivity index (χ2n) is 7.01. The van der Waals surface area contributed by atoms with Crippen molar-refractivity contribution in [3.8, 4) is 0 Å². The summed E-state index contributed by atoms with van der Waals surface area (Å²) in [6.45, 7) is 13.0. The Morgan fingerprint density at radius 1 is 1.05 bits per heavy atom. The van der Waals surface area contributed by atoms with E-state index in [1.165, 1.54) is 71.0 Å². The lowest BCUT2D eigenvalue weighted by Gasteiger charge is -2.37. The molecule has 0 aliphatic heterocycles. The number of nitrogens with zero attached hydrogens (tertiary/aromatic N) is 1. The Kier molecular flexibility index (Phi) is 9.54. The van der Waals surface area contributed by atoms with Crippen LogP contribution in [0.3, 0.4) is 0 Å². The van der Waals surface area contributed by atoms with Crippen LogP contribution < -0.4 is 5.32 Å². The van der Waals surface area contributed by atoms with Crippen molar-refractivity contribution in [1.82, 2.24) is 10.2 Å². The van der Waals surface area contributed by atoms with Gasteiger partial charge in [0, 0.05) is 18.6 Å². The van der Waals surface area contributed by atoms with Crippen molar-refractivity contribution in [2.75, 3.05) is 19.6 Å². The summed E-state index contributed by atoms with van der Waals surface area (Å²) in [5.74, 6) is 0.824. The highest BCUT2D eigenvalue weighted by Gasteiger charge is 2.27. The zero-order chi connectivity index (χ0) is 14.8. The van der Waals surface area contributed by atoms with Gasteiger partial charge >= 0.3 is 0 Å². The minimum atomic E-state index is 0.758. The number of hydrogen-bond donors (Lipinski definition) is 1. The first-order valence-corrected chi connectivity index (χ1v) is 9.15. The van der Waals surface area contributed by atoms with Gasteiger partial charge in [0.1, 0.15) is 0 Å². The van der Waals surface area contributed by atoms with Crippen molar-refractivity contribution < 1.29 is 0 Å². The van der Waals surface area contributed by atoms with Crippen LogP contribution in [0, 0.1) is 5.92 Å². The van der Waals surface area contributed by atoms with Crippen LogP contribution in [0.2, 0.25) is 0 Å². The second-order valence-corrected chi connectivity index (χ2v) is 7.01. The fourth-order valence-corrected chi connectivity index (χ4v) is 3.47. The normalized spacial score (nSPS) is 18.3. The van der Waals surface area contributed by atoms with Crippen LogP contribution in [0.15, 0.2) is 0 Å². The Bertz CT molecular complexity index is 221. The molecule has 1 aliphatic carbocycles. The predicted molar refractivity (Wildman–Crippen MR) is 90.3 cm³/mol. The van der Waals surface area contributed by atoms with Gasteiger partial charge in [0.25, 0.3) is 0 Å². The Labute approximate surface area is 127 Å². The molecule has 0 radical (unpaired) electrons. The molecule has 0 spiro atoms. The molecule has 0 aromatic rings. The maximum Gasteiger partial charge on any atom is 0.0223 e. The molecule has 120 valence electrons. The molecule has 1 atom stereocenters. The number of hydrogen-bond acceptors (Lipinski definition) is 2. The maximum absolute atomic E-state index is 3.67. The molecule has 1 N–H and O–H groups in total.